The van der Waals surface area contributed by atoms with Crippen molar-refractivity contribution in [1.82, 2.24) is 4.90 Å². The Balaban J connectivity index is 2.52. The summed E-state index contributed by atoms with van der Waals surface area (Å²) in [5.41, 5.74) is 0.772. The summed E-state index contributed by atoms with van der Waals surface area (Å²) in [7, 11) is 3.91. The number of rotatable bonds is 4. The second-order valence-electron chi connectivity index (χ2n) is 3.66. The maximum absolute atomic E-state index is 12.6. The highest BCUT2D eigenvalue weighted by molar-refractivity contribution is 5.18. The zero-order valence-electron chi connectivity index (χ0n) is 8.57. The van der Waals surface area contributed by atoms with Gasteiger partial charge in [-0.3, -0.25) is 0 Å². The first kappa shape index (κ1) is 11.1. The van der Waals surface area contributed by atoms with E-state index < -0.39 is 6.10 Å². The molecule has 2 nitrogen and oxygen atoms in total. The van der Waals surface area contributed by atoms with Crippen molar-refractivity contribution in [3.8, 4) is 0 Å². The average molecular weight is 197 g/mol. The zero-order valence-corrected chi connectivity index (χ0v) is 8.57. The monoisotopic (exact) mass is 197 g/mol. The zero-order chi connectivity index (χ0) is 10.6. The molecule has 0 aliphatic heterocycles. The van der Waals surface area contributed by atoms with Crippen molar-refractivity contribution in [3.05, 3.63) is 35.6 Å². The van der Waals surface area contributed by atoms with Crippen LogP contribution < -0.4 is 0 Å². The van der Waals surface area contributed by atoms with Gasteiger partial charge in [0.05, 0.1) is 6.10 Å². The topological polar surface area (TPSA) is 23.5 Å². The smallest absolute Gasteiger partial charge is 0.123 e. The summed E-state index contributed by atoms with van der Waals surface area (Å²) in [6, 6.07) is 5.98. The number of halogens is 1. The van der Waals surface area contributed by atoms with Crippen LogP contribution in [0.1, 0.15) is 18.1 Å². The molecule has 0 unspecified atom stereocenters. The lowest BCUT2D eigenvalue weighted by atomic mass is 10.1. The molecule has 0 aliphatic carbocycles. The molecule has 0 saturated carbocycles. The molecule has 1 rings (SSSR count). The third kappa shape index (κ3) is 3.44. The van der Waals surface area contributed by atoms with E-state index in [1.165, 1.54) is 12.1 Å². The number of aliphatic hydroxyl groups is 1. The lowest BCUT2D eigenvalue weighted by Gasteiger charge is -2.14. The fraction of sp³-hybridized carbons (Fsp3) is 0.455. The Morgan fingerprint density at radius 1 is 1.29 bits per heavy atom. The Kier molecular flexibility index (Phi) is 4.04. The highest BCUT2D eigenvalue weighted by atomic mass is 19.1. The van der Waals surface area contributed by atoms with Crippen molar-refractivity contribution in [2.24, 2.45) is 0 Å². The maximum atomic E-state index is 12.6. The molecule has 1 N–H and O–H groups in total. The predicted octanol–water partition coefficient (Wildman–Crippen LogP) is 1.81. The van der Waals surface area contributed by atoms with E-state index in [0.717, 1.165) is 12.1 Å². The molecule has 14 heavy (non-hydrogen) atoms. The van der Waals surface area contributed by atoms with Crippen LogP contribution in [-0.4, -0.2) is 30.6 Å². The molecule has 1 aromatic rings. The average Bonchev–Trinajstić information content (AvgIpc) is 2.15. The van der Waals surface area contributed by atoms with Crippen LogP contribution in [0.15, 0.2) is 24.3 Å². The molecule has 0 amide bonds. The fourth-order valence-electron chi connectivity index (χ4n) is 1.23. The van der Waals surface area contributed by atoms with Crippen LogP contribution in [0.2, 0.25) is 0 Å². The summed E-state index contributed by atoms with van der Waals surface area (Å²) < 4.78 is 12.6. The quantitative estimate of drug-likeness (QED) is 0.795. The number of nitrogens with zero attached hydrogens (tertiary/aromatic N) is 1. The molecule has 0 bridgehead atoms. The molecule has 0 radical (unpaired) electrons. The van der Waals surface area contributed by atoms with Gasteiger partial charge in [0.15, 0.2) is 0 Å². The molecule has 0 heterocycles. The Labute approximate surface area is 84.0 Å². The van der Waals surface area contributed by atoms with Crippen molar-refractivity contribution < 1.29 is 9.50 Å². The first-order valence-corrected chi connectivity index (χ1v) is 4.68. The summed E-state index contributed by atoms with van der Waals surface area (Å²) in [6.07, 6.45) is 0.163. The third-order valence-electron chi connectivity index (χ3n) is 2.10. The van der Waals surface area contributed by atoms with Gasteiger partial charge in [-0.05, 0) is 38.2 Å². The van der Waals surface area contributed by atoms with Crippen LogP contribution in [0.3, 0.4) is 0 Å². The predicted molar refractivity (Wildman–Crippen MR) is 54.5 cm³/mol. The first-order valence-electron chi connectivity index (χ1n) is 4.68. The Morgan fingerprint density at radius 2 is 1.86 bits per heavy atom. The molecule has 0 aromatic heterocycles. The van der Waals surface area contributed by atoms with Crippen molar-refractivity contribution in [3.63, 3.8) is 0 Å². The lowest BCUT2D eigenvalue weighted by molar-refractivity contribution is 0.154. The number of hydrogen-bond acceptors (Lipinski definition) is 2. The molecule has 1 atom stereocenters. The fourth-order valence-corrected chi connectivity index (χ4v) is 1.23. The molecule has 3 heteroatoms. The van der Waals surface area contributed by atoms with Crippen molar-refractivity contribution in [2.45, 2.75) is 12.5 Å². The second kappa shape index (κ2) is 5.08. The van der Waals surface area contributed by atoms with E-state index in [1.54, 1.807) is 12.1 Å². The van der Waals surface area contributed by atoms with Gasteiger partial charge >= 0.3 is 0 Å². The van der Waals surface area contributed by atoms with E-state index in [4.69, 9.17) is 0 Å². The number of benzene rings is 1. The van der Waals surface area contributed by atoms with Crippen molar-refractivity contribution >= 4 is 0 Å². The molecule has 0 spiro atoms. The van der Waals surface area contributed by atoms with E-state index in [9.17, 15) is 9.50 Å². The summed E-state index contributed by atoms with van der Waals surface area (Å²) in [5, 5.41) is 9.71. The van der Waals surface area contributed by atoms with E-state index in [1.807, 2.05) is 19.0 Å². The highest BCUT2D eigenvalue weighted by Crippen LogP contribution is 2.16. The van der Waals surface area contributed by atoms with Crippen molar-refractivity contribution in [1.29, 1.82) is 0 Å². The minimum Gasteiger partial charge on any atom is -0.388 e. The molecule has 0 aliphatic rings. The summed E-state index contributed by atoms with van der Waals surface area (Å²) in [5.74, 6) is -0.270. The van der Waals surface area contributed by atoms with Gasteiger partial charge in [-0.15, -0.1) is 0 Å². The van der Waals surface area contributed by atoms with Gasteiger partial charge in [0.25, 0.3) is 0 Å². The molecule has 0 fully saturated rings. The van der Waals surface area contributed by atoms with Crippen LogP contribution in [0.25, 0.3) is 0 Å². The Hall–Kier alpha value is -0.930. The van der Waals surface area contributed by atoms with Crippen LogP contribution >= 0.6 is 0 Å². The lowest BCUT2D eigenvalue weighted by Crippen LogP contribution is -2.15. The molecule has 78 valence electrons. The number of hydrogen-bond donors (Lipinski definition) is 1. The van der Waals surface area contributed by atoms with E-state index in [0.29, 0.717) is 6.42 Å². The standard InChI is InChI=1S/C11H16FNO/c1-13(2)8-7-11(14)9-3-5-10(12)6-4-9/h3-6,11,14H,7-8H2,1-2H3/t11-/m0/s1. The third-order valence-corrected chi connectivity index (χ3v) is 2.10. The van der Waals surface area contributed by atoms with Crippen LogP contribution in [0, 0.1) is 5.82 Å². The van der Waals surface area contributed by atoms with Gasteiger partial charge in [0.1, 0.15) is 5.82 Å². The molecular formula is C11H16FNO. The molecule has 0 saturated heterocycles. The number of aliphatic hydroxyl groups excluding tert-OH is 1. The minimum absolute atomic E-state index is 0.270. The van der Waals surface area contributed by atoms with E-state index in [-0.39, 0.29) is 5.82 Å². The van der Waals surface area contributed by atoms with Crippen LogP contribution in [0.4, 0.5) is 4.39 Å². The summed E-state index contributed by atoms with van der Waals surface area (Å²) in [4.78, 5) is 2.01. The van der Waals surface area contributed by atoms with Crippen LogP contribution in [0.5, 0.6) is 0 Å². The maximum Gasteiger partial charge on any atom is 0.123 e. The molecule has 1 aromatic carbocycles. The van der Waals surface area contributed by atoms with Gasteiger partial charge in [-0.1, -0.05) is 12.1 Å². The first-order chi connectivity index (χ1) is 6.59. The highest BCUT2D eigenvalue weighted by Gasteiger charge is 2.07. The van der Waals surface area contributed by atoms with E-state index in [2.05, 4.69) is 0 Å². The van der Waals surface area contributed by atoms with Crippen LogP contribution in [-0.2, 0) is 0 Å². The van der Waals surface area contributed by atoms with E-state index >= 15 is 0 Å². The van der Waals surface area contributed by atoms with Gasteiger partial charge in [-0.25, -0.2) is 4.39 Å². The Morgan fingerprint density at radius 3 is 2.36 bits per heavy atom. The van der Waals surface area contributed by atoms with Gasteiger partial charge in [0, 0.05) is 6.54 Å². The second-order valence-corrected chi connectivity index (χ2v) is 3.66. The van der Waals surface area contributed by atoms with Gasteiger partial charge < -0.3 is 10.0 Å². The molecular weight excluding hydrogens is 181 g/mol. The summed E-state index contributed by atoms with van der Waals surface area (Å²) >= 11 is 0. The van der Waals surface area contributed by atoms with Gasteiger partial charge in [-0.2, -0.15) is 0 Å². The minimum atomic E-state index is -0.502. The Bertz CT molecular complexity index is 271. The largest absolute Gasteiger partial charge is 0.388 e. The summed E-state index contributed by atoms with van der Waals surface area (Å²) in [6.45, 7) is 0.818. The SMILES string of the molecule is CN(C)CC[C@H](O)c1ccc(F)cc1. The normalized spacial score (nSPS) is 13.2. The van der Waals surface area contributed by atoms with Gasteiger partial charge in [0.2, 0.25) is 0 Å². The van der Waals surface area contributed by atoms with Crippen molar-refractivity contribution in [2.75, 3.05) is 20.6 Å².